The fourth-order valence-electron chi connectivity index (χ4n) is 1.16. The van der Waals surface area contributed by atoms with E-state index in [-0.39, 0.29) is 5.91 Å². The number of hydrogen-bond acceptors (Lipinski definition) is 1. The number of alkyl halides is 1. The molecule has 1 aromatic carbocycles. The van der Waals surface area contributed by atoms with Gasteiger partial charge in [-0.25, -0.2) is 0 Å². The van der Waals surface area contributed by atoms with E-state index in [1.54, 1.807) is 6.07 Å². The zero-order chi connectivity index (χ0) is 11.1. The molecule has 82 valence electrons. The van der Waals surface area contributed by atoms with E-state index in [0.717, 1.165) is 5.56 Å². The minimum Gasteiger partial charge on any atom is -0.352 e. The molecule has 0 heterocycles. The van der Waals surface area contributed by atoms with Gasteiger partial charge in [-0.15, -0.1) is 11.6 Å². The van der Waals surface area contributed by atoms with Gasteiger partial charge in [0.25, 0.3) is 0 Å². The van der Waals surface area contributed by atoms with Crippen LogP contribution in [0.1, 0.15) is 18.4 Å². The molecule has 1 aromatic rings. The lowest BCUT2D eigenvalue weighted by molar-refractivity contribution is -0.121. The number of hydrogen-bond donors (Lipinski definition) is 1. The molecule has 0 saturated heterocycles. The second kappa shape index (κ2) is 6.70. The van der Waals surface area contributed by atoms with Gasteiger partial charge in [-0.3, -0.25) is 4.79 Å². The van der Waals surface area contributed by atoms with Crippen molar-refractivity contribution in [2.24, 2.45) is 0 Å². The molecular weight excluding hydrogens is 233 g/mol. The number of carbonyl (C=O) groups excluding carboxylic acids is 1. The van der Waals surface area contributed by atoms with Gasteiger partial charge in [0, 0.05) is 23.9 Å². The topological polar surface area (TPSA) is 29.1 Å². The SMILES string of the molecule is O=C(CCCCl)NCc1cccc(Cl)c1. The first-order chi connectivity index (χ1) is 7.22. The van der Waals surface area contributed by atoms with Crippen LogP contribution in [0.15, 0.2) is 24.3 Å². The van der Waals surface area contributed by atoms with Crippen LogP contribution >= 0.6 is 23.2 Å². The average molecular weight is 246 g/mol. The van der Waals surface area contributed by atoms with Crippen molar-refractivity contribution >= 4 is 29.1 Å². The van der Waals surface area contributed by atoms with Gasteiger partial charge in [0.1, 0.15) is 0 Å². The largest absolute Gasteiger partial charge is 0.352 e. The van der Waals surface area contributed by atoms with Crippen molar-refractivity contribution in [2.75, 3.05) is 5.88 Å². The van der Waals surface area contributed by atoms with E-state index in [2.05, 4.69) is 5.32 Å². The Morgan fingerprint density at radius 1 is 1.40 bits per heavy atom. The Balaban J connectivity index is 2.33. The molecule has 1 rings (SSSR count). The van der Waals surface area contributed by atoms with Crippen molar-refractivity contribution < 1.29 is 4.79 Å². The van der Waals surface area contributed by atoms with Gasteiger partial charge in [0.05, 0.1) is 0 Å². The normalized spacial score (nSPS) is 10.0. The van der Waals surface area contributed by atoms with Gasteiger partial charge in [-0.1, -0.05) is 23.7 Å². The predicted octanol–water partition coefficient (Wildman–Crippen LogP) is 2.98. The molecule has 0 aliphatic carbocycles. The third kappa shape index (κ3) is 5.05. The van der Waals surface area contributed by atoms with Gasteiger partial charge in [-0.2, -0.15) is 0 Å². The molecule has 0 atom stereocenters. The minimum atomic E-state index is 0.0237. The van der Waals surface area contributed by atoms with Crippen LogP contribution < -0.4 is 5.32 Å². The van der Waals surface area contributed by atoms with E-state index in [4.69, 9.17) is 23.2 Å². The summed E-state index contributed by atoms with van der Waals surface area (Å²) in [5, 5.41) is 3.49. The fraction of sp³-hybridized carbons (Fsp3) is 0.364. The molecule has 0 radical (unpaired) electrons. The Morgan fingerprint density at radius 3 is 2.87 bits per heavy atom. The molecule has 1 N–H and O–H groups in total. The number of rotatable bonds is 5. The van der Waals surface area contributed by atoms with Crippen LogP contribution in [-0.4, -0.2) is 11.8 Å². The first kappa shape index (κ1) is 12.3. The third-order valence-electron chi connectivity index (χ3n) is 1.92. The molecule has 4 heteroatoms. The molecule has 15 heavy (non-hydrogen) atoms. The van der Waals surface area contributed by atoms with E-state index >= 15 is 0 Å². The van der Waals surface area contributed by atoms with Crippen molar-refractivity contribution in [1.29, 1.82) is 0 Å². The Hall–Kier alpha value is -0.730. The van der Waals surface area contributed by atoms with Crippen molar-refractivity contribution in [3.8, 4) is 0 Å². The summed E-state index contributed by atoms with van der Waals surface area (Å²) < 4.78 is 0. The van der Waals surface area contributed by atoms with Gasteiger partial charge in [0.15, 0.2) is 0 Å². The molecule has 0 bridgehead atoms. The number of benzene rings is 1. The van der Waals surface area contributed by atoms with E-state index in [0.29, 0.717) is 30.3 Å². The average Bonchev–Trinajstić information content (AvgIpc) is 2.23. The lowest BCUT2D eigenvalue weighted by Gasteiger charge is -2.04. The Morgan fingerprint density at radius 2 is 2.20 bits per heavy atom. The number of carbonyl (C=O) groups is 1. The predicted molar refractivity (Wildman–Crippen MR) is 63.3 cm³/mol. The smallest absolute Gasteiger partial charge is 0.220 e. The molecule has 0 saturated carbocycles. The number of nitrogens with one attached hydrogen (secondary N) is 1. The van der Waals surface area contributed by atoms with E-state index in [1.807, 2.05) is 18.2 Å². The van der Waals surface area contributed by atoms with Crippen molar-refractivity contribution in [1.82, 2.24) is 5.32 Å². The standard InChI is InChI=1S/C11H13Cl2NO/c12-6-2-5-11(15)14-8-9-3-1-4-10(13)7-9/h1,3-4,7H,2,5-6,8H2,(H,14,15). The lowest BCUT2D eigenvalue weighted by atomic mass is 10.2. The number of amides is 1. The zero-order valence-corrected chi connectivity index (χ0v) is 9.81. The summed E-state index contributed by atoms with van der Waals surface area (Å²) in [6, 6.07) is 7.43. The highest BCUT2D eigenvalue weighted by molar-refractivity contribution is 6.30. The van der Waals surface area contributed by atoms with E-state index < -0.39 is 0 Å². The van der Waals surface area contributed by atoms with E-state index in [9.17, 15) is 4.79 Å². The maximum Gasteiger partial charge on any atom is 0.220 e. The molecule has 0 aromatic heterocycles. The van der Waals surface area contributed by atoms with Gasteiger partial charge in [-0.05, 0) is 24.1 Å². The first-order valence-electron chi connectivity index (χ1n) is 4.79. The maximum atomic E-state index is 11.3. The monoisotopic (exact) mass is 245 g/mol. The van der Waals surface area contributed by atoms with Crippen LogP contribution in [0.2, 0.25) is 5.02 Å². The van der Waals surface area contributed by atoms with Crippen LogP contribution in [0.3, 0.4) is 0 Å². The Labute approximate surface area is 99.6 Å². The third-order valence-corrected chi connectivity index (χ3v) is 2.42. The first-order valence-corrected chi connectivity index (χ1v) is 5.70. The molecule has 0 unspecified atom stereocenters. The van der Waals surface area contributed by atoms with Crippen molar-refractivity contribution in [2.45, 2.75) is 19.4 Å². The van der Waals surface area contributed by atoms with Gasteiger partial charge < -0.3 is 5.32 Å². The fourth-order valence-corrected chi connectivity index (χ4v) is 1.51. The summed E-state index contributed by atoms with van der Waals surface area (Å²) in [7, 11) is 0. The summed E-state index contributed by atoms with van der Waals surface area (Å²) >= 11 is 11.3. The Kier molecular flexibility index (Phi) is 5.51. The van der Waals surface area contributed by atoms with Crippen molar-refractivity contribution in [3.05, 3.63) is 34.9 Å². The number of halogens is 2. The molecule has 2 nitrogen and oxygen atoms in total. The van der Waals surface area contributed by atoms with Crippen LogP contribution in [0.4, 0.5) is 0 Å². The second-order valence-corrected chi connectivity index (χ2v) is 4.01. The quantitative estimate of drug-likeness (QED) is 0.795. The molecule has 0 aliphatic rings. The van der Waals surface area contributed by atoms with Crippen LogP contribution in [0.25, 0.3) is 0 Å². The maximum absolute atomic E-state index is 11.3. The van der Waals surface area contributed by atoms with Crippen LogP contribution in [0, 0.1) is 0 Å². The Bertz CT molecular complexity index is 328. The van der Waals surface area contributed by atoms with Crippen molar-refractivity contribution in [3.63, 3.8) is 0 Å². The molecule has 0 aliphatic heterocycles. The van der Waals surface area contributed by atoms with Gasteiger partial charge in [0.2, 0.25) is 5.91 Å². The highest BCUT2D eigenvalue weighted by Crippen LogP contribution is 2.10. The minimum absolute atomic E-state index is 0.0237. The molecule has 0 spiro atoms. The summed E-state index contributed by atoms with van der Waals surface area (Å²) in [5.74, 6) is 0.542. The van der Waals surface area contributed by atoms with Gasteiger partial charge >= 0.3 is 0 Å². The summed E-state index contributed by atoms with van der Waals surface area (Å²) in [5.41, 5.74) is 1.00. The van der Waals surface area contributed by atoms with Crippen LogP contribution in [0.5, 0.6) is 0 Å². The molecule has 0 fully saturated rings. The summed E-state index contributed by atoms with van der Waals surface area (Å²) in [6.45, 7) is 0.516. The molecular formula is C11H13Cl2NO. The zero-order valence-electron chi connectivity index (χ0n) is 8.30. The summed E-state index contributed by atoms with van der Waals surface area (Å²) in [6.07, 6.45) is 1.19. The highest BCUT2D eigenvalue weighted by atomic mass is 35.5. The summed E-state index contributed by atoms with van der Waals surface area (Å²) in [4.78, 5) is 11.3. The van der Waals surface area contributed by atoms with E-state index in [1.165, 1.54) is 0 Å². The van der Waals surface area contributed by atoms with Crippen LogP contribution in [-0.2, 0) is 11.3 Å². The second-order valence-electron chi connectivity index (χ2n) is 3.20. The molecule has 1 amide bonds. The highest BCUT2D eigenvalue weighted by Gasteiger charge is 2.00. The lowest BCUT2D eigenvalue weighted by Crippen LogP contribution is -2.22.